The van der Waals surface area contributed by atoms with Crippen LogP contribution < -0.4 is 4.74 Å². The van der Waals surface area contributed by atoms with Crippen LogP contribution in [0.25, 0.3) is 0 Å². The summed E-state index contributed by atoms with van der Waals surface area (Å²) >= 11 is 0. The third-order valence-corrected chi connectivity index (χ3v) is 3.61. The van der Waals surface area contributed by atoms with Crippen LogP contribution in [0.15, 0.2) is 18.2 Å². The van der Waals surface area contributed by atoms with Crippen LogP contribution in [0.5, 0.6) is 5.75 Å². The Balaban J connectivity index is 2.26. The molecule has 0 aliphatic rings. The van der Waals surface area contributed by atoms with Gasteiger partial charge in [0.1, 0.15) is 5.75 Å². The second-order valence-corrected chi connectivity index (χ2v) is 5.37. The molecular weight excluding hydrogens is 250 g/mol. The Labute approximate surface area is 123 Å². The molecule has 0 heterocycles. The van der Waals surface area contributed by atoms with E-state index in [0.29, 0.717) is 0 Å². The highest BCUT2D eigenvalue weighted by Gasteiger charge is 2.03. The molecule has 1 N–H and O–H groups in total. The van der Waals surface area contributed by atoms with E-state index in [0.717, 1.165) is 38.4 Å². The lowest BCUT2D eigenvalue weighted by molar-refractivity contribution is 0.181. The van der Waals surface area contributed by atoms with Gasteiger partial charge in [-0.3, -0.25) is 0 Å². The largest absolute Gasteiger partial charge is 0.494 e. The van der Waals surface area contributed by atoms with Crippen molar-refractivity contribution in [3.8, 4) is 5.75 Å². The Hall–Kier alpha value is -1.06. The summed E-state index contributed by atoms with van der Waals surface area (Å²) in [4.78, 5) is 2.31. The monoisotopic (exact) mass is 279 g/mol. The Morgan fingerprint density at radius 2 is 1.80 bits per heavy atom. The van der Waals surface area contributed by atoms with Gasteiger partial charge in [-0.15, -0.1) is 0 Å². The van der Waals surface area contributed by atoms with Crippen LogP contribution >= 0.6 is 0 Å². The smallest absolute Gasteiger partial charge is 0.119 e. The Kier molecular flexibility index (Phi) is 8.31. The maximum Gasteiger partial charge on any atom is 0.119 e. The van der Waals surface area contributed by atoms with Crippen LogP contribution in [-0.2, 0) is 0 Å². The quantitative estimate of drug-likeness (QED) is 0.668. The molecule has 0 unspecified atom stereocenters. The van der Waals surface area contributed by atoms with Crippen molar-refractivity contribution in [1.82, 2.24) is 4.90 Å². The first kappa shape index (κ1) is 17.0. The van der Waals surface area contributed by atoms with Crippen LogP contribution in [0.1, 0.15) is 37.3 Å². The van der Waals surface area contributed by atoms with E-state index >= 15 is 0 Å². The van der Waals surface area contributed by atoms with Crippen molar-refractivity contribution >= 4 is 0 Å². The van der Waals surface area contributed by atoms with E-state index in [4.69, 9.17) is 9.84 Å². The first-order chi connectivity index (χ1) is 9.67. The number of ether oxygens (including phenoxy) is 1. The number of hydrogen-bond acceptors (Lipinski definition) is 3. The number of aryl methyl sites for hydroxylation is 2. The molecule has 0 fully saturated rings. The number of hydrogen-bond donors (Lipinski definition) is 1. The first-order valence-corrected chi connectivity index (χ1v) is 7.70. The van der Waals surface area contributed by atoms with Crippen molar-refractivity contribution in [2.45, 2.75) is 40.0 Å². The van der Waals surface area contributed by atoms with E-state index in [1.807, 2.05) is 6.07 Å². The van der Waals surface area contributed by atoms with Crippen LogP contribution in [-0.4, -0.2) is 42.9 Å². The topological polar surface area (TPSA) is 32.7 Å². The zero-order chi connectivity index (χ0) is 14.8. The molecule has 0 saturated carbocycles. The van der Waals surface area contributed by atoms with Crippen LogP contribution in [0.3, 0.4) is 0 Å². The van der Waals surface area contributed by atoms with Crippen molar-refractivity contribution in [2.75, 3.05) is 32.8 Å². The zero-order valence-electron chi connectivity index (χ0n) is 13.2. The minimum Gasteiger partial charge on any atom is -0.494 e. The summed E-state index contributed by atoms with van der Waals surface area (Å²) in [5, 5.41) is 9.05. The van der Waals surface area contributed by atoms with E-state index in [-0.39, 0.29) is 6.61 Å². The molecule has 114 valence electrons. The average Bonchev–Trinajstić information content (AvgIpc) is 2.44. The van der Waals surface area contributed by atoms with E-state index in [1.54, 1.807) is 0 Å². The molecule has 20 heavy (non-hydrogen) atoms. The molecule has 3 heteroatoms. The third kappa shape index (κ3) is 6.40. The molecular formula is C17H29NO2. The van der Waals surface area contributed by atoms with Gasteiger partial charge in [0.25, 0.3) is 0 Å². The highest BCUT2D eigenvalue weighted by atomic mass is 16.5. The first-order valence-electron chi connectivity index (χ1n) is 7.70. The summed E-state index contributed by atoms with van der Waals surface area (Å²) in [6, 6.07) is 6.23. The van der Waals surface area contributed by atoms with Gasteiger partial charge in [0.05, 0.1) is 13.2 Å². The predicted octanol–water partition coefficient (Wildman–Crippen LogP) is 3.17. The van der Waals surface area contributed by atoms with Gasteiger partial charge in [0.15, 0.2) is 0 Å². The van der Waals surface area contributed by atoms with Crippen molar-refractivity contribution < 1.29 is 9.84 Å². The molecule has 0 aliphatic carbocycles. The van der Waals surface area contributed by atoms with E-state index < -0.39 is 0 Å². The van der Waals surface area contributed by atoms with E-state index in [1.165, 1.54) is 24.0 Å². The average molecular weight is 279 g/mol. The van der Waals surface area contributed by atoms with Gasteiger partial charge in [0, 0.05) is 13.1 Å². The minimum absolute atomic E-state index is 0.238. The summed E-state index contributed by atoms with van der Waals surface area (Å²) in [6.07, 6.45) is 3.38. The summed E-state index contributed by atoms with van der Waals surface area (Å²) in [7, 11) is 0. The maximum absolute atomic E-state index is 9.05. The Morgan fingerprint density at radius 3 is 2.45 bits per heavy atom. The van der Waals surface area contributed by atoms with Gasteiger partial charge in [0.2, 0.25) is 0 Å². The van der Waals surface area contributed by atoms with Crippen molar-refractivity contribution in [1.29, 1.82) is 0 Å². The van der Waals surface area contributed by atoms with Crippen LogP contribution in [0, 0.1) is 13.8 Å². The fraction of sp³-hybridized carbons (Fsp3) is 0.647. The van der Waals surface area contributed by atoms with E-state index in [2.05, 4.69) is 37.8 Å². The van der Waals surface area contributed by atoms with Gasteiger partial charge < -0.3 is 14.7 Å². The summed E-state index contributed by atoms with van der Waals surface area (Å²) < 4.78 is 5.79. The Morgan fingerprint density at radius 1 is 1.05 bits per heavy atom. The molecule has 1 rings (SSSR count). The molecule has 0 aliphatic heterocycles. The second kappa shape index (κ2) is 9.78. The van der Waals surface area contributed by atoms with Gasteiger partial charge in [-0.2, -0.15) is 0 Å². The number of aliphatic hydroxyl groups excluding tert-OH is 1. The number of unbranched alkanes of at least 4 members (excludes halogenated alkanes) is 1. The minimum atomic E-state index is 0.238. The fourth-order valence-electron chi connectivity index (χ4n) is 2.14. The molecule has 1 aromatic rings. The van der Waals surface area contributed by atoms with Crippen molar-refractivity contribution in [2.24, 2.45) is 0 Å². The summed E-state index contributed by atoms with van der Waals surface area (Å²) in [5.74, 6) is 0.954. The van der Waals surface area contributed by atoms with E-state index in [9.17, 15) is 0 Å². The van der Waals surface area contributed by atoms with Gasteiger partial charge in [-0.25, -0.2) is 0 Å². The number of aliphatic hydroxyl groups is 1. The molecule has 0 radical (unpaired) electrons. The Bertz CT molecular complexity index is 379. The van der Waals surface area contributed by atoms with Gasteiger partial charge in [-0.1, -0.05) is 19.4 Å². The normalized spacial score (nSPS) is 11.1. The second-order valence-electron chi connectivity index (χ2n) is 5.37. The van der Waals surface area contributed by atoms with Crippen LogP contribution in [0.4, 0.5) is 0 Å². The lowest BCUT2D eigenvalue weighted by atomic mass is 10.1. The molecule has 0 spiro atoms. The SMILES string of the molecule is CCCCN(CCO)CCCOc1ccc(C)c(C)c1. The molecule has 0 saturated heterocycles. The molecule has 0 aromatic heterocycles. The van der Waals surface area contributed by atoms with Gasteiger partial charge >= 0.3 is 0 Å². The highest BCUT2D eigenvalue weighted by Crippen LogP contribution is 2.16. The zero-order valence-corrected chi connectivity index (χ0v) is 13.2. The number of benzene rings is 1. The third-order valence-electron chi connectivity index (χ3n) is 3.61. The molecule has 0 amide bonds. The standard InChI is InChI=1S/C17H29NO2/c1-4-5-9-18(11-12-19)10-6-13-20-17-8-7-15(2)16(3)14-17/h7-8,14,19H,4-6,9-13H2,1-3H3. The lowest BCUT2D eigenvalue weighted by Crippen LogP contribution is -2.30. The lowest BCUT2D eigenvalue weighted by Gasteiger charge is -2.21. The van der Waals surface area contributed by atoms with Crippen molar-refractivity contribution in [3.05, 3.63) is 29.3 Å². The maximum atomic E-state index is 9.05. The fourth-order valence-corrected chi connectivity index (χ4v) is 2.14. The number of rotatable bonds is 10. The van der Waals surface area contributed by atoms with Crippen molar-refractivity contribution in [3.63, 3.8) is 0 Å². The molecule has 0 bridgehead atoms. The molecule has 3 nitrogen and oxygen atoms in total. The molecule has 1 aromatic carbocycles. The summed E-state index contributed by atoms with van der Waals surface area (Å²) in [5.41, 5.74) is 2.57. The molecule has 0 atom stereocenters. The predicted molar refractivity (Wildman–Crippen MR) is 84.5 cm³/mol. The van der Waals surface area contributed by atoms with Gasteiger partial charge in [-0.05, 0) is 56.5 Å². The highest BCUT2D eigenvalue weighted by molar-refractivity contribution is 5.33. The summed E-state index contributed by atoms with van der Waals surface area (Å²) in [6.45, 7) is 10.2. The number of nitrogens with zero attached hydrogens (tertiary/aromatic N) is 1. The van der Waals surface area contributed by atoms with Crippen LogP contribution in [0.2, 0.25) is 0 Å².